The van der Waals surface area contributed by atoms with Crippen LogP contribution in [0.25, 0.3) is 0 Å². The molecule has 0 radical (unpaired) electrons. The Balaban J connectivity index is 1.62. The van der Waals surface area contributed by atoms with Crippen LogP contribution in [0.3, 0.4) is 0 Å². The number of aliphatic carboxylic acids is 1. The van der Waals surface area contributed by atoms with Crippen molar-refractivity contribution in [2.75, 3.05) is 19.8 Å². The lowest BCUT2D eigenvalue weighted by Gasteiger charge is -2.25. The molecule has 6 heteroatoms. The number of carbonyl (C=O) groups is 2. The standard InChI is InChI=1S/C17H19NO5/c19-16(10-4-5-13-14(8-10)23-7-6-22-13)18-9-11-2-1-3-12(11)15(18)17(20)21/h4-5,8,11-12,15H,1-3,6-7,9H2,(H,20,21). The van der Waals surface area contributed by atoms with E-state index in [-0.39, 0.29) is 11.8 Å². The Morgan fingerprint density at radius 2 is 1.91 bits per heavy atom. The molecular weight excluding hydrogens is 298 g/mol. The average molecular weight is 317 g/mol. The summed E-state index contributed by atoms with van der Waals surface area (Å²) in [5.74, 6) is 0.453. The molecule has 0 spiro atoms. The molecule has 2 aliphatic heterocycles. The number of carbonyl (C=O) groups excluding carboxylic acids is 1. The lowest BCUT2D eigenvalue weighted by atomic mass is 9.94. The highest BCUT2D eigenvalue weighted by Crippen LogP contribution is 2.43. The predicted octanol–water partition coefficient (Wildman–Crippen LogP) is 1.78. The van der Waals surface area contributed by atoms with E-state index < -0.39 is 12.0 Å². The second-order valence-electron chi connectivity index (χ2n) is 6.45. The van der Waals surface area contributed by atoms with E-state index in [0.29, 0.717) is 42.7 Å². The van der Waals surface area contributed by atoms with Crippen LogP contribution in [0.15, 0.2) is 18.2 Å². The maximum atomic E-state index is 12.8. The molecule has 0 aromatic heterocycles. The monoisotopic (exact) mass is 317 g/mol. The number of likely N-dealkylation sites (tertiary alicyclic amines) is 1. The van der Waals surface area contributed by atoms with Gasteiger partial charge in [0, 0.05) is 12.1 Å². The first-order chi connectivity index (χ1) is 11.1. The first-order valence-corrected chi connectivity index (χ1v) is 8.08. The van der Waals surface area contributed by atoms with Crippen LogP contribution in [-0.2, 0) is 4.79 Å². The highest BCUT2D eigenvalue weighted by atomic mass is 16.6. The highest BCUT2D eigenvalue weighted by Gasteiger charge is 2.49. The fourth-order valence-electron chi connectivity index (χ4n) is 4.17. The molecule has 1 saturated heterocycles. The Morgan fingerprint density at radius 3 is 2.70 bits per heavy atom. The zero-order valence-electron chi connectivity index (χ0n) is 12.7. The van der Waals surface area contributed by atoms with Gasteiger partial charge in [-0.3, -0.25) is 4.79 Å². The van der Waals surface area contributed by atoms with Crippen molar-refractivity contribution in [2.45, 2.75) is 25.3 Å². The van der Waals surface area contributed by atoms with Gasteiger partial charge in [-0.1, -0.05) is 6.42 Å². The van der Waals surface area contributed by atoms with Crippen molar-refractivity contribution in [3.63, 3.8) is 0 Å². The van der Waals surface area contributed by atoms with Crippen LogP contribution in [0.1, 0.15) is 29.6 Å². The Bertz CT molecular complexity index is 658. The molecule has 0 bridgehead atoms. The molecule has 1 saturated carbocycles. The van der Waals surface area contributed by atoms with Crippen LogP contribution in [0.5, 0.6) is 11.5 Å². The smallest absolute Gasteiger partial charge is 0.326 e. The zero-order valence-corrected chi connectivity index (χ0v) is 12.7. The maximum Gasteiger partial charge on any atom is 0.326 e. The van der Waals surface area contributed by atoms with Crippen LogP contribution < -0.4 is 9.47 Å². The van der Waals surface area contributed by atoms with Crippen molar-refractivity contribution in [3.8, 4) is 11.5 Å². The number of hydrogen-bond donors (Lipinski definition) is 1. The molecule has 6 nitrogen and oxygen atoms in total. The molecule has 1 amide bonds. The van der Waals surface area contributed by atoms with Crippen LogP contribution in [0.4, 0.5) is 0 Å². The number of rotatable bonds is 2. The van der Waals surface area contributed by atoms with Crippen LogP contribution in [0.2, 0.25) is 0 Å². The van der Waals surface area contributed by atoms with E-state index in [9.17, 15) is 14.7 Å². The van der Waals surface area contributed by atoms with Crippen molar-refractivity contribution in [2.24, 2.45) is 11.8 Å². The van der Waals surface area contributed by atoms with Gasteiger partial charge in [-0.25, -0.2) is 4.79 Å². The minimum Gasteiger partial charge on any atom is -0.486 e. The van der Waals surface area contributed by atoms with E-state index in [2.05, 4.69) is 0 Å². The highest BCUT2D eigenvalue weighted by molar-refractivity contribution is 5.97. The zero-order chi connectivity index (χ0) is 16.0. The Labute approximate surface area is 134 Å². The summed E-state index contributed by atoms with van der Waals surface area (Å²) in [7, 11) is 0. The second kappa shape index (κ2) is 5.44. The van der Waals surface area contributed by atoms with Gasteiger partial charge in [0.2, 0.25) is 0 Å². The molecule has 1 N–H and O–H groups in total. The number of ether oxygens (including phenoxy) is 2. The summed E-state index contributed by atoms with van der Waals surface area (Å²) in [5.41, 5.74) is 0.459. The molecule has 2 fully saturated rings. The van der Waals surface area contributed by atoms with Crippen molar-refractivity contribution in [1.29, 1.82) is 0 Å². The van der Waals surface area contributed by atoms with Gasteiger partial charge in [-0.15, -0.1) is 0 Å². The molecule has 1 aromatic carbocycles. The van der Waals surface area contributed by atoms with Crippen LogP contribution in [0, 0.1) is 11.8 Å². The van der Waals surface area contributed by atoms with Gasteiger partial charge in [0.25, 0.3) is 5.91 Å². The van der Waals surface area contributed by atoms with Gasteiger partial charge in [0.05, 0.1) is 0 Å². The largest absolute Gasteiger partial charge is 0.486 e. The number of amides is 1. The summed E-state index contributed by atoms with van der Waals surface area (Å²) in [6.07, 6.45) is 2.97. The number of nitrogens with zero attached hydrogens (tertiary/aromatic N) is 1. The quantitative estimate of drug-likeness (QED) is 0.900. The molecule has 2 heterocycles. The molecule has 3 unspecified atom stereocenters. The SMILES string of the molecule is O=C(O)C1C2CCCC2CN1C(=O)c1ccc2c(c1)OCCO2. The number of carboxylic acid groups (broad SMARTS) is 1. The van der Waals surface area contributed by atoms with E-state index in [1.54, 1.807) is 18.2 Å². The first kappa shape index (κ1) is 14.4. The first-order valence-electron chi connectivity index (χ1n) is 8.08. The van der Waals surface area contributed by atoms with E-state index in [1.165, 1.54) is 4.90 Å². The molecular formula is C17H19NO5. The third kappa shape index (κ3) is 2.33. The van der Waals surface area contributed by atoms with Gasteiger partial charge in [-0.05, 0) is 42.9 Å². The average Bonchev–Trinajstić information content (AvgIpc) is 3.13. The molecule has 3 atom stereocenters. The third-order valence-corrected chi connectivity index (χ3v) is 5.19. The molecule has 1 aliphatic carbocycles. The maximum absolute atomic E-state index is 12.8. The molecule has 3 aliphatic rings. The van der Waals surface area contributed by atoms with Gasteiger partial charge in [-0.2, -0.15) is 0 Å². The number of hydrogen-bond acceptors (Lipinski definition) is 4. The number of carboxylic acids is 1. The summed E-state index contributed by atoms with van der Waals surface area (Å²) in [6, 6.07) is 4.35. The fourth-order valence-corrected chi connectivity index (χ4v) is 4.17. The summed E-state index contributed by atoms with van der Waals surface area (Å²) in [5, 5.41) is 9.58. The van der Waals surface area contributed by atoms with E-state index in [4.69, 9.17) is 9.47 Å². The molecule has 23 heavy (non-hydrogen) atoms. The fraction of sp³-hybridized carbons (Fsp3) is 0.529. The van der Waals surface area contributed by atoms with Gasteiger partial charge in [0.15, 0.2) is 11.5 Å². The second-order valence-corrected chi connectivity index (χ2v) is 6.45. The van der Waals surface area contributed by atoms with E-state index in [0.717, 1.165) is 19.3 Å². The number of fused-ring (bicyclic) bond motifs is 2. The lowest BCUT2D eigenvalue weighted by molar-refractivity contribution is -0.142. The van der Waals surface area contributed by atoms with Crippen molar-refractivity contribution in [1.82, 2.24) is 4.90 Å². The lowest BCUT2D eigenvalue weighted by Crippen LogP contribution is -2.43. The summed E-state index contributed by atoms with van der Waals surface area (Å²) in [6.45, 7) is 1.49. The number of benzene rings is 1. The molecule has 4 rings (SSSR count). The van der Waals surface area contributed by atoms with Gasteiger partial charge >= 0.3 is 5.97 Å². The Kier molecular flexibility index (Phi) is 3.39. The molecule has 122 valence electrons. The third-order valence-electron chi connectivity index (χ3n) is 5.19. The van der Waals surface area contributed by atoms with Crippen molar-refractivity contribution in [3.05, 3.63) is 23.8 Å². The minimum atomic E-state index is -0.898. The van der Waals surface area contributed by atoms with Gasteiger partial charge in [0.1, 0.15) is 19.3 Å². The minimum absolute atomic E-state index is 0.0914. The van der Waals surface area contributed by atoms with Crippen molar-refractivity contribution >= 4 is 11.9 Å². The van der Waals surface area contributed by atoms with Crippen molar-refractivity contribution < 1.29 is 24.2 Å². The van der Waals surface area contributed by atoms with E-state index in [1.807, 2.05) is 0 Å². The van der Waals surface area contributed by atoms with Gasteiger partial charge < -0.3 is 19.5 Å². The summed E-state index contributed by atoms with van der Waals surface area (Å²) < 4.78 is 11.0. The Hall–Kier alpha value is -2.24. The normalized spacial score (nSPS) is 28.5. The topological polar surface area (TPSA) is 76.1 Å². The van der Waals surface area contributed by atoms with E-state index >= 15 is 0 Å². The Morgan fingerprint density at radius 1 is 1.13 bits per heavy atom. The van der Waals surface area contributed by atoms with Crippen LogP contribution >= 0.6 is 0 Å². The summed E-state index contributed by atoms with van der Waals surface area (Å²) >= 11 is 0. The van der Waals surface area contributed by atoms with Crippen LogP contribution in [-0.4, -0.2) is 47.7 Å². The summed E-state index contributed by atoms with van der Waals surface area (Å²) in [4.78, 5) is 26.1. The predicted molar refractivity (Wildman–Crippen MR) is 80.7 cm³/mol. The molecule has 1 aromatic rings.